The molecule has 0 atom stereocenters. The Morgan fingerprint density at radius 2 is 1.12 bits per heavy atom. The number of carbonyl (C=O) groups excluding carboxylic acids is 2. The van der Waals surface area contributed by atoms with Crippen LogP contribution >= 0.6 is 0 Å². The second-order valence-corrected chi connectivity index (χ2v) is 6.92. The highest BCUT2D eigenvalue weighted by molar-refractivity contribution is 6.00. The summed E-state index contributed by atoms with van der Waals surface area (Å²) in [6, 6.07) is 0. The standard InChI is InChI=1S/C20H37NO4/c1-2-3-4-5-6-7-8-11-16-24-17-12-9-10-13-18-25-21-19(22)14-15-20(21)23/h2-18H2,1H3. The lowest BCUT2D eigenvalue weighted by Gasteiger charge is -2.12. The van der Waals surface area contributed by atoms with Gasteiger partial charge in [-0.3, -0.25) is 14.4 Å². The first-order chi connectivity index (χ1) is 12.3. The lowest BCUT2D eigenvalue weighted by molar-refractivity contribution is -0.187. The number of imide groups is 1. The van der Waals surface area contributed by atoms with Gasteiger partial charge in [0.15, 0.2) is 0 Å². The Balaban J connectivity index is 1.73. The second kappa shape index (κ2) is 15.3. The number of ether oxygens (including phenoxy) is 1. The molecule has 0 aliphatic carbocycles. The van der Waals surface area contributed by atoms with Gasteiger partial charge < -0.3 is 4.74 Å². The van der Waals surface area contributed by atoms with E-state index in [0.29, 0.717) is 6.61 Å². The molecule has 0 aromatic rings. The summed E-state index contributed by atoms with van der Waals surface area (Å²) in [5.74, 6) is -0.418. The van der Waals surface area contributed by atoms with Crippen molar-refractivity contribution in [3.8, 4) is 0 Å². The third-order valence-electron chi connectivity index (χ3n) is 4.55. The number of rotatable bonds is 17. The highest BCUT2D eigenvalue weighted by Gasteiger charge is 2.29. The van der Waals surface area contributed by atoms with Crippen LogP contribution < -0.4 is 0 Å². The average Bonchev–Trinajstić information content (AvgIpc) is 2.93. The zero-order valence-corrected chi connectivity index (χ0v) is 16.1. The van der Waals surface area contributed by atoms with Gasteiger partial charge in [0.25, 0.3) is 11.8 Å². The summed E-state index contributed by atoms with van der Waals surface area (Å²) in [5.41, 5.74) is 0. The van der Waals surface area contributed by atoms with Gasteiger partial charge in [-0.05, 0) is 19.3 Å². The Labute approximate surface area is 153 Å². The van der Waals surface area contributed by atoms with Gasteiger partial charge in [0.1, 0.15) is 0 Å². The number of amides is 2. The molecule has 0 bridgehead atoms. The second-order valence-electron chi connectivity index (χ2n) is 6.92. The highest BCUT2D eigenvalue weighted by Crippen LogP contribution is 2.13. The van der Waals surface area contributed by atoms with Crippen LogP contribution in [-0.4, -0.2) is 36.7 Å². The van der Waals surface area contributed by atoms with E-state index in [4.69, 9.17) is 9.57 Å². The maximum absolute atomic E-state index is 11.3. The van der Waals surface area contributed by atoms with Gasteiger partial charge in [0.2, 0.25) is 0 Å². The van der Waals surface area contributed by atoms with Crippen LogP contribution in [0.15, 0.2) is 0 Å². The van der Waals surface area contributed by atoms with Gasteiger partial charge in [0, 0.05) is 26.1 Å². The molecule has 1 heterocycles. The fourth-order valence-corrected chi connectivity index (χ4v) is 2.96. The van der Waals surface area contributed by atoms with E-state index in [9.17, 15) is 9.59 Å². The largest absolute Gasteiger partial charge is 0.381 e. The molecule has 0 spiro atoms. The average molecular weight is 356 g/mol. The van der Waals surface area contributed by atoms with E-state index < -0.39 is 0 Å². The van der Waals surface area contributed by atoms with Crippen LogP contribution in [-0.2, 0) is 19.2 Å². The molecule has 1 aliphatic heterocycles. The van der Waals surface area contributed by atoms with E-state index in [1.54, 1.807) is 0 Å². The van der Waals surface area contributed by atoms with Gasteiger partial charge in [-0.15, -0.1) is 0 Å². The molecule has 146 valence electrons. The van der Waals surface area contributed by atoms with Gasteiger partial charge in [-0.25, -0.2) is 0 Å². The van der Waals surface area contributed by atoms with Crippen molar-refractivity contribution in [2.24, 2.45) is 0 Å². The lowest BCUT2D eigenvalue weighted by atomic mass is 10.1. The van der Waals surface area contributed by atoms with Crippen LogP contribution in [0.1, 0.15) is 96.8 Å². The third kappa shape index (κ3) is 11.3. The van der Waals surface area contributed by atoms with Gasteiger partial charge in [-0.2, -0.15) is 5.06 Å². The summed E-state index contributed by atoms with van der Waals surface area (Å²) in [4.78, 5) is 27.9. The van der Waals surface area contributed by atoms with Crippen molar-refractivity contribution in [1.82, 2.24) is 5.06 Å². The number of hydrogen-bond donors (Lipinski definition) is 0. The Morgan fingerprint density at radius 1 is 0.680 bits per heavy atom. The molecule has 2 amide bonds. The Bertz CT molecular complexity index is 344. The molecule has 0 radical (unpaired) electrons. The lowest BCUT2D eigenvalue weighted by Crippen LogP contribution is -2.29. The highest BCUT2D eigenvalue weighted by atomic mass is 16.7. The first-order valence-electron chi connectivity index (χ1n) is 10.3. The molecule has 1 rings (SSSR count). The van der Waals surface area contributed by atoms with Crippen molar-refractivity contribution in [2.75, 3.05) is 19.8 Å². The smallest absolute Gasteiger partial charge is 0.253 e. The molecule has 5 heteroatoms. The van der Waals surface area contributed by atoms with Crippen LogP contribution in [0.25, 0.3) is 0 Å². The quantitative estimate of drug-likeness (QED) is 0.278. The minimum atomic E-state index is -0.209. The van der Waals surface area contributed by atoms with Gasteiger partial charge >= 0.3 is 0 Å². The fourth-order valence-electron chi connectivity index (χ4n) is 2.96. The SMILES string of the molecule is CCCCCCCCCCOCCCCCCON1C(=O)CCC1=O. The summed E-state index contributed by atoms with van der Waals surface area (Å²) in [7, 11) is 0. The third-order valence-corrected chi connectivity index (χ3v) is 4.55. The number of carbonyl (C=O) groups is 2. The maximum Gasteiger partial charge on any atom is 0.253 e. The Morgan fingerprint density at radius 3 is 1.64 bits per heavy atom. The van der Waals surface area contributed by atoms with Crippen molar-refractivity contribution < 1.29 is 19.2 Å². The molecule has 0 saturated carbocycles. The van der Waals surface area contributed by atoms with Crippen LogP contribution in [0.3, 0.4) is 0 Å². The van der Waals surface area contributed by atoms with Gasteiger partial charge in [0.05, 0.1) is 6.61 Å². The van der Waals surface area contributed by atoms with Crippen molar-refractivity contribution in [2.45, 2.75) is 96.8 Å². The van der Waals surface area contributed by atoms with Gasteiger partial charge in [-0.1, -0.05) is 64.7 Å². The number of nitrogens with zero attached hydrogens (tertiary/aromatic N) is 1. The first kappa shape index (κ1) is 22.1. The molecule has 0 aromatic carbocycles. The molecule has 0 unspecified atom stereocenters. The van der Waals surface area contributed by atoms with E-state index in [1.807, 2.05) is 0 Å². The van der Waals surface area contributed by atoms with E-state index in [1.165, 1.54) is 51.4 Å². The molecule has 25 heavy (non-hydrogen) atoms. The van der Waals surface area contributed by atoms with Crippen molar-refractivity contribution >= 4 is 11.8 Å². The molecule has 0 N–H and O–H groups in total. The van der Waals surface area contributed by atoms with Crippen molar-refractivity contribution in [1.29, 1.82) is 0 Å². The first-order valence-corrected chi connectivity index (χ1v) is 10.3. The molecular weight excluding hydrogens is 318 g/mol. The Kier molecular flexibility index (Phi) is 13.5. The summed E-state index contributed by atoms with van der Waals surface area (Å²) in [5, 5.41) is 0.937. The molecule has 0 aromatic heterocycles. The maximum atomic E-state index is 11.3. The minimum Gasteiger partial charge on any atom is -0.381 e. The van der Waals surface area contributed by atoms with Crippen molar-refractivity contribution in [3.05, 3.63) is 0 Å². The number of hydroxylamine groups is 2. The summed E-state index contributed by atoms with van der Waals surface area (Å²) in [6.45, 7) is 4.42. The van der Waals surface area contributed by atoms with E-state index in [2.05, 4.69) is 6.92 Å². The predicted octanol–water partition coefficient (Wildman–Crippen LogP) is 4.78. The van der Waals surface area contributed by atoms with E-state index in [0.717, 1.165) is 44.0 Å². The molecule has 1 saturated heterocycles. The normalized spacial score (nSPS) is 14.7. The summed E-state index contributed by atoms with van der Waals surface area (Å²) < 4.78 is 5.67. The van der Waals surface area contributed by atoms with Crippen LogP contribution in [0.2, 0.25) is 0 Å². The van der Waals surface area contributed by atoms with Crippen molar-refractivity contribution in [3.63, 3.8) is 0 Å². The topological polar surface area (TPSA) is 55.8 Å². The molecular formula is C20H37NO4. The van der Waals surface area contributed by atoms with E-state index >= 15 is 0 Å². The molecule has 1 aliphatic rings. The fraction of sp³-hybridized carbons (Fsp3) is 0.900. The number of hydrogen-bond acceptors (Lipinski definition) is 4. The Hall–Kier alpha value is -0.940. The summed E-state index contributed by atoms with van der Waals surface area (Å²) >= 11 is 0. The number of unbranched alkanes of at least 4 members (excludes halogenated alkanes) is 10. The predicted molar refractivity (Wildman–Crippen MR) is 98.9 cm³/mol. The van der Waals surface area contributed by atoms with E-state index in [-0.39, 0.29) is 24.7 Å². The molecule has 1 fully saturated rings. The van der Waals surface area contributed by atoms with Crippen LogP contribution in [0, 0.1) is 0 Å². The zero-order chi connectivity index (χ0) is 18.2. The monoisotopic (exact) mass is 355 g/mol. The minimum absolute atomic E-state index is 0.209. The van der Waals surface area contributed by atoms with Crippen LogP contribution in [0.4, 0.5) is 0 Å². The molecule has 5 nitrogen and oxygen atoms in total. The zero-order valence-electron chi connectivity index (χ0n) is 16.1. The van der Waals surface area contributed by atoms with Crippen LogP contribution in [0.5, 0.6) is 0 Å². The summed E-state index contributed by atoms with van der Waals surface area (Å²) in [6.07, 6.45) is 15.3.